The van der Waals surface area contributed by atoms with Gasteiger partial charge in [0.15, 0.2) is 0 Å². The molecule has 0 saturated heterocycles. The Morgan fingerprint density at radius 1 is 1.57 bits per heavy atom. The monoisotopic (exact) mass is 209 g/mol. The lowest BCUT2D eigenvalue weighted by Crippen LogP contribution is -2.13. The molecule has 0 radical (unpaired) electrons. The molecule has 0 aliphatic carbocycles. The Morgan fingerprint density at radius 2 is 2.36 bits per heavy atom. The minimum absolute atomic E-state index is 0.537. The van der Waals surface area contributed by atoms with Crippen molar-refractivity contribution in [2.75, 3.05) is 13.7 Å². The molecule has 0 unspecified atom stereocenters. The minimum Gasteiger partial charge on any atom is -0.496 e. The number of nitrogens with one attached hydrogen (secondary N) is 1. The SMILES string of the molecule is C#CCNCc1cc(Cl)ccc1OC. The molecule has 0 spiro atoms. The molecular formula is C11H12ClNO. The Bertz CT molecular complexity index is 344. The van der Waals surface area contributed by atoms with Crippen molar-refractivity contribution >= 4 is 11.6 Å². The molecule has 0 aromatic heterocycles. The summed E-state index contributed by atoms with van der Waals surface area (Å²) >= 11 is 5.86. The molecule has 1 rings (SSSR count). The lowest BCUT2D eigenvalue weighted by atomic mass is 10.2. The van der Waals surface area contributed by atoms with Crippen molar-refractivity contribution in [2.45, 2.75) is 6.54 Å². The summed E-state index contributed by atoms with van der Waals surface area (Å²) in [5.41, 5.74) is 1.01. The number of methoxy groups -OCH3 is 1. The second-order valence-corrected chi connectivity index (χ2v) is 3.20. The molecule has 0 saturated carbocycles. The van der Waals surface area contributed by atoms with Crippen molar-refractivity contribution in [3.63, 3.8) is 0 Å². The Balaban J connectivity index is 2.73. The van der Waals surface area contributed by atoms with Crippen LogP contribution in [0.25, 0.3) is 0 Å². The average molecular weight is 210 g/mol. The van der Waals surface area contributed by atoms with Gasteiger partial charge in [-0.25, -0.2) is 0 Å². The fraction of sp³-hybridized carbons (Fsp3) is 0.273. The quantitative estimate of drug-likeness (QED) is 0.606. The van der Waals surface area contributed by atoms with Gasteiger partial charge in [0.2, 0.25) is 0 Å². The van der Waals surface area contributed by atoms with E-state index in [1.165, 1.54) is 0 Å². The highest BCUT2D eigenvalue weighted by Crippen LogP contribution is 2.22. The maximum atomic E-state index is 5.86. The fourth-order valence-electron chi connectivity index (χ4n) is 1.15. The van der Waals surface area contributed by atoms with Gasteiger partial charge in [-0.15, -0.1) is 6.42 Å². The average Bonchev–Trinajstić information content (AvgIpc) is 2.19. The number of benzene rings is 1. The van der Waals surface area contributed by atoms with E-state index in [-0.39, 0.29) is 0 Å². The first-order valence-corrected chi connectivity index (χ1v) is 4.62. The number of hydrogen-bond donors (Lipinski definition) is 1. The van der Waals surface area contributed by atoms with Crippen molar-refractivity contribution in [2.24, 2.45) is 0 Å². The normalized spacial score (nSPS) is 9.50. The smallest absolute Gasteiger partial charge is 0.123 e. The summed E-state index contributed by atoms with van der Waals surface area (Å²) in [7, 11) is 1.63. The highest BCUT2D eigenvalue weighted by molar-refractivity contribution is 6.30. The van der Waals surface area contributed by atoms with Crippen LogP contribution in [0.15, 0.2) is 18.2 Å². The predicted molar refractivity (Wildman–Crippen MR) is 58.5 cm³/mol. The fourth-order valence-corrected chi connectivity index (χ4v) is 1.35. The number of terminal acetylenes is 1. The molecule has 3 heteroatoms. The third-order valence-corrected chi connectivity index (χ3v) is 2.02. The molecule has 0 aliphatic rings. The third kappa shape index (κ3) is 2.95. The van der Waals surface area contributed by atoms with Gasteiger partial charge in [0.05, 0.1) is 13.7 Å². The Kier molecular flexibility index (Phi) is 4.31. The standard InChI is InChI=1S/C11H12ClNO/c1-3-6-13-8-9-7-10(12)4-5-11(9)14-2/h1,4-5,7,13H,6,8H2,2H3. The van der Waals surface area contributed by atoms with Gasteiger partial charge in [0.25, 0.3) is 0 Å². The Labute approximate surface area is 89.2 Å². The van der Waals surface area contributed by atoms with Crippen LogP contribution < -0.4 is 10.1 Å². The Morgan fingerprint density at radius 3 is 3.00 bits per heavy atom. The van der Waals surface area contributed by atoms with Crippen LogP contribution >= 0.6 is 11.6 Å². The van der Waals surface area contributed by atoms with Gasteiger partial charge < -0.3 is 10.1 Å². The number of ether oxygens (including phenoxy) is 1. The van der Waals surface area contributed by atoms with E-state index < -0.39 is 0 Å². The van der Waals surface area contributed by atoms with Crippen LogP contribution in [-0.2, 0) is 6.54 Å². The summed E-state index contributed by atoms with van der Waals surface area (Å²) in [6, 6.07) is 5.50. The summed E-state index contributed by atoms with van der Waals surface area (Å²) in [6.07, 6.45) is 5.12. The maximum Gasteiger partial charge on any atom is 0.123 e. The van der Waals surface area contributed by atoms with E-state index in [4.69, 9.17) is 22.8 Å². The van der Waals surface area contributed by atoms with Crippen molar-refractivity contribution < 1.29 is 4.74 Å². The first kappa shape index (κ1) is 10.9. The van der Waals surface area contributed by atoms with Gasteiger partial charge >= 0.3 is 0 Å². The van der Waals surface area contributed by atoms with Gasteiger partial charge in [0.1, 0.15) is 5.75 Å². The number of rotatable bonds is 4. The van der Waals surface area contributed by atoms with Crippen LogP contribution in [0.4, 0.5) is 0 Å². The topological polar surface area (TPSA) is 21.3 Å². The van der Waals surface area contributed by atoms with Gasteiger partial charge in [-0.05, 0) is 18.2 Å². The van der Waals surface area contributed by atoms with E-state index in [9.17, 15) is 0 Å². The first-order valence-electron chi connectivity index (χ1n) is 4.24. The van der Waals surface area contributed by atoms with E-state index >= 15 is 0 Å². The molecule has 0 heterocycles. The van der Waals surface area contributed by atoms with Crippen LogP contribution in [0.2, 0.25) is 5.02 Å². The molecule has 0 bridgehead atoms. The van der Waals surface area contributed by atoms with Gasteiger partial charge in [-0.3, -0.25) is 0 Å². The van der Waals surface area contributed by atoms with Gasteiger partial charge in [0, 0.05) is 17.1 Å². The maximum absolute atomic E-state index is 5.86. The molecular weight excluding hydrogens is 198 g/mol. The van der Waals surface area contributed by atoms with Crippen molar-refractivity contribution in [1.29, 1.82) is 0 Å². The Hall–Kier alpha value is -1.17. The van der Waals surface area contributed by atoms with Crippen molar-refractivity contribution in [3.05, 3.63) is 28.8 Å². The van der Waals surface area contributed by atoms with E-state index in [0.717, 1.165) is 11.3 Å². The third-order valence-electron chi connectivity index (χ3n) is 1.78. The van der Waals surface area contributed by atoms with Gasteiger partial charge in [-0.2, -0.15) is 0 Å². The minimum atomic E-state index is 0.537. The second kappa shape index (κ2) is 5.54. The molecule has 0 aliphatic heterocycles. The summed E-state index contributed by atoms with van der Waals surface area (Å²) < 4.78 is 5.18. The molecule has 1 N–H and O–H groups in total. The first-order chi connectivity index (χ1) is 6.77. The largest absolute Gasteiger partial charge is 0.496 e. The van der Waals surface area contributed by atoms with E-state index in [0.29, 0.717) is 18.1 Å². The summed E-state index contributed by atoms with van der Waals surface area (Å²) in [6.45, 7) is 1.20. The molecule has 1 aromatic carbocycles. The van der Waals surface area contributed by atoms with Crippen LogP contribution in [-0.4, -0.2) is 13.7 Å². The van der Waals surface area contributed by atoms with E-state index in [2.05, 4.69) is 11.2 Å². The summed E-state index contributed by atoms with van der Waals surface area (Å²) in [4.78, 5) is 0. The molecule has 1 aromatic rings. The van der Waals surface area contributed by atoms with E-state index in [1.54, 1.807) is 13.2 Å². The molecule has 74 valence electrons. The number of hydrogen-bond acceptors (Lipinski definition) is 2. The van der Waals surface area contributed by atoms with E-state index in [1.807, 2.05) is 12.1 Å². The summed E-state index contributed by atoms with van der Waals surface area (Å²) in [5, 5.41) is 3.78. The van der Waals surface area contributed by atoms with Crippen LogP contribution in [0, 0.1) is 12.3 Å². The predicted octanol–water partition coefficient (Wildman–Crippen LogP) is 2.07. The molecule has 0 fully saturated rings. The second-order valence-electron chi connectivity index (χ2n) is 2.76. The van der Waals surface area contributed by atoms with Crippen molar-refractivity contribution in [1.82, 2.24) is 5.32 Å². The zero-order chi connectivity index (χ0) is 10.4. The van der Waals surface area contributed by atoms with Crippen molar-refractivity contribution in [3.8, 4) is 18.1 Å². The summed E-state index contributed by atoms with van der Waals surface area (Å²) in [5.74, 6) is 3.32. The van der Waals surface area contributed by atoms with Crippen LogP contribution in [0.5, 0.6) is 5.75 Å². The van der Waals surface area contributed by atoms with Gasteiger partial charge in [-0.1, -0.05) is 17.5 Å². The zero-order valence-electron chi connectivity index (χ0n) is 8.01. The lowest BCUT2D eigenvalue weighted by molar-refractivity contribution is 0.408. The molecule has 2 nitrogen and oxygen atoms in total. The molecule has 14 heavy (non-hydrogen) atoms. The number of halogens is 1. The molecule has 0 atom stereocenters. The van der Waals surface area contributed by atoms with Crippen LogP contribution in [0.3, 0.4) is 0 Å². The zero-order valence-corrected chi connectivity index (χ0v) is 8.77. The lowest BCUT2D eigenvalue weighted by Gasteiger charge is -2.08. The van der Waals surface area contributed by atoms with Crippen LogP contribution in [0.1, 0.15) is 5.56 Å². The highest BCUT2D eigenvalue weighted by atomic mass is 35.5. The highest BCUT2D eigenvalue weighted by Gasteiger charge is 2.02. The molecule has 0 amide bonds.